The highest BCUT2D eigenvalue weighted by molar-refractivity contribution is 7.89. The largest absolute Gasteiger partial charge is 0.302 e. The number of nitrogens with zero attached hydrogens (tertiary/aromatic N) is 1. The van der Waals surface area contributed by atoms with Gasteiger partial charge in [-0.1, -0.05) is 24.1 Å². The molecule has 0 radical (unpaired) electrons. The van der Waals surface area contributed by atoms with Crippen LogP contribution in [0, 0.1) is 6.92 Å². The lowest BCUT2D eigenvalue weighted by Gasteiger charge is -2.31. The number of aryl methyl sites for hydroxylation is 1. The molecule has 0 amide bonds. The molecule has 5 heteroatoms. The van der Waals surface area contributed by atoms with Crippen molar-refractivity contribution in [3.63, 3.8) is 0 Å². The van der Waals surface area contributed by atoms with Crippen molar-refractivity contribution in [1.29, 1.82) is 0 Å². The fourth-order valence-electron chi connectivity index (χ4n) is 2.21. The van der Waals surface area contributed by atoms with Gasteiger partial charge < -0.3 is 4.79 Å². The first kappa shape index (κ1) is 13.2. The second-order valence-corrected chi connectivity index (χ2v) is 6.52. The average molecular weight is 267 g/mol. The van der Waals surface area contributed by atoms with Crippen LogP contribution in [0.5, 0.6) is 0 Å². The maximum atomic E-state index is 12.4. The first-order chi connectivity index (χ1) is 8.55. The Labute approximate surface area is 108 Å². The Kier molecular flexibility index (Phi) is 3.82. The molecule has 2 rings (SSSR count). The van der Waals surface area contributed by atoms with Crippen LogP contribution in [0.3, 0.4) is 0 Å². The summed E-state index contributed by atoms with van der Waals surface area (Å²) in [4.78, 5) is 11.3. The van der Waals surface area contributed by atoms with Crippen molar-refractivity contribution in [3.05, 3.63) is 29.8 Å². The first-order valence-electron chi connectivity index (χ1n) is 6.09. The minimum atomic E-state index is -3.54. The number of piperidine rings is 1. The van der Waals surface area contributed by atoms with Gasteiger partial charge in [-0.15, -0.1) is 0 Å². The smallest absolute Gasteiger partial charge is 0.243 e. The number of carbonyl (C=O) groups excluding carboxylic acids is 1. The molecule has 0 aliphatic carbocycles. The monoisotopic (exact) mass is 267 g/mol. The van der Waals surface area contributed by atoms with Gasteiger partial charge in [0, 0.05) is 6.54 Å². The Bertz CT molecular complexity index is 522. The molecular formula is C13H17NO3S. The van der Waals surface area contributed by atoms with Gasteiger partial charge in [0.05, 0.1) is 10.9 Å². The Balaban J connectivity index is 2.34. The summed E-state index contributed by atoms with van der Waals surface area (Å²) in [5, 5.41) is 0. The lowest BCUT2D eigenvalue weighted by molar-refractivity contribution is -0.111. The highest BCUT2D eigenvalue weighted by atomic mass is 32.2. The number of carbonyl (C=O) groups is 1. The van der Waals surface area contributed by atoms with E-state index in [4.69, 9.17) is 0 Å². The number of aldehydes is 1. The Hall–Kier alpha value is -1.20. The van der Waals surface area contributed by atoms with Crippen LogP contribution in [0.4, 0.5) is 0 Å². The molecule has 0 saturated carbocycles. The Morgan fingerprint density at radius 2 is 1.89 bits per heavy atom. The predicted molar refractivity (Wildman–Crippen MR) is 68.8 cm³/mol. The van der Waals surface area contributed by atoms with Gasteiger partial charge in [0.1, 0.15) is 6.29 Å². The zero-order valence-corrected chi connectivity index (χ0v) is 11.2. The predicted octanol–water partition coefficient (Wildman–Crippen LogP) is 1.74. The SMILES string of the molecule is Cc1ccc(S(=O)(=O)N2CCCCC2C=O)cc1. The Morgan fingerprint density at radius 3 is 2.50 bits per heavy atom. The average Bonchev–Trinajstić information content (AvgIpc) is 2.39. The summed E-state index contributed by atoms with van der Waals surface area (Å²) in [6, 6.07) is 6.23. The first-order valence-corrected chi connectivity index (χ1v) is 7.53. The van der Waals surface area contributed by atoms with E-state index in [0.717, 1.165) is 24.7 Å². The van der Waals surface area contributed by atoms with Gasteiger partial charge in [-0.05, 0) is 31.9 Å². The molecule has 0 bridgehead atoms. The fraction of sp³-hybridized carbons (Fsp3) is 0.462. The molecule has 98 valence electrons. The molecule has 1 aromatic rings. The van der Waals surface area contributed by atoms with Crippen molar-refractivity contribution in [2.45, 2.75) is 37.1 Å². The molecule has 0 aromatic heterocycles. The second-order valence-electron chi connectivity index (χ2n) is 4.63. The normalized spacial score (nSPS) is 21.7. The highest BCUT2D eigenvalue weighted by Gasteiger charge is 2.33. The number of rotatable bonds is 3. The van der Waals surface area contributed by atoms with Gasteiger partial charge >= 0.3 is 0 Å². The molecule has 4 nitrogen and oxygen atoms in total. The molecule has 1 fully saturated rings. The summed E-state index contributed by atoms with van der Waals surface area (Å²) in [6.07, 6.45) is 3.08. The van der Waals surface area contributed by atoms with Crippen molar-refractivity contribution in [3.8, 4) is 0 Å². The summed E-state index contributed by atoms with van der Waals surface area (Å²) in [5.41, 5.74) is 1.01. The van der Waals surface area contributed by atoms with Crippen molar-refractivity contribution in [2.75, 3.05) is 6.54 Å². The highest BCUT2D eigenvalue weighted by Crippen LogP contribution is 2.24. The molecule has 18 heavy (non-hydrogen) atoms. The molecule has 1 heterocycles. The van der Waals surface area contributed by atoms with Crippen LogP contribution in [0.2, 0.25) is 0 Å². The van der Waals surface area contributed by atoms with Crippen molar-refractivity contribution in [2.24, 2.45) is 0 Å². The maximum Gasteiger partial charge on any atom is 0.243 e. The molecule has 0 N–H and O–H groups in total. The zero-order valence-electron chi connectivity index (χ0n) is 10.4. The van der Waals surface area contributed by atoms with E-state index in [1.54, 1.807) is 24.3 Å². The molecule has 1 unspecified atom stereocenters. The maximum absolute atomic E-state index is 12.4. The topological polar surface area (TPSA) is 54.5 Å². The van der Waals surface area contributed by atoms with Crippen LogP contribution in [-0.4, -0.2) is 31.6 Å². The molecule has 1 aliphatic heterocycles. The molecule has 0 spiro atoms. The summed E-state index contributed by atoms with van der Waals surface area (Å²) in [7, 11) is -3.54. The quantitative estimate of drug-likeness (QED) is 0.784. The third kappa shape index (κ3) is 2.47. The molecule has 1 saturated heterocycles. The minimum absolute atomic E-state index is 0.266. The number of hydrogen-bond acceptors (Lipinski definition) is 3. The molecule has 1 atom stereocenters. The van der Waals surface area contributed by atoms with E-state index in [9.17, 15) is 13.2 Å². The number of hydrogen-bond donors (Lipinski definition) is 0. The molecular weight excluding hydrogens is 250 g/mol. The van der Waals surface area contributed by atoms with Gasteiger partial charge in [0.2, 0.25) is 10.0 Å². The summed E-state index contributed by atoms with van der Waals surface area (Å²) >= 11 is 0. The summed E-state index contributed by atoms with van der Waals surface area (Å²) in [6.45, 7) is 2.34. The van der Waals surface area contributed by atoms with Gasteiger partial charge in [-0.3, -0.25) is 0 Å². The standard InChI is InChI=1S/C13H17NO3S/c1-11-5-7-13(8-6-11)18(16,17)14-9-3-2-4-12(14)10-15/h5-8,10,12H,2-4,9H2,1H3. The van der Waals surface area contributed by atoms with E-state index in [0.29, 0.717) is 13.0 Å². The van der Waals surface area contributed by atoms with Crippen LogP contribution >= 0.6 is 0 Å². The Morgan fingerprint density at radius 1 is 1.22 bits per heavy atom. The van der Waals surface area contributed by atoms with Gasteiger partial charge in [-0.25, -0.2) is 8.42 Å². The number of sulfonamides is 1. The number of benzene rings is 1. The van der Waals surface area contributed by atoms with E-state index in [1.165, 1.54) is 4.31 Å². The van der Waals surface area contributed by atoms with E-state index >= 15 is 0 Å². The van der Waals surface area contributed by atoms with Crippen LogP contribution < -0.4 is 0 Å². The van der Waals surface area contributed by atoms with Gasteiger partial charge in [-0.2, -0.15) is 4.31 Å². The second kappa shape index (κ2) is 5.20. The molecule has 1 aromatic carbocycles. The summed E-state index contributed by atoms with van der Waals surface area (Å²) < 4.78 is 26.2. The van der Waals surface area contributed by atoms with E-state index in [2.05, 4.69) is 0 Å². The fourth-order valence-corrected chi connectivity index (χ4v) is 3.84. The van der Waals surface area contributed by atoms with E-state index < -0.39 is 16.1 Å². The minimum Gasteiger partial charge on any atom is -0.302 e. The van der Waals surface area contributed by atoms with Crippen LogP contribution in [0.1, 0.15) is 24.8 Å². The lowest BCUT2D eigenvalue weighted by atomic mass is 10.1. The van der Waals surface area contributed by atoms with Crippen LogP contribution in [0.15, 0.2) is 29.2 Å². The van der Waals surface area contributed by atoms with Crippen molar-refractivity contribution in [1.82, 2.24) is 4.31 Å². The lowest BCUT2D eigenvalue weighted by Crippen LogP contribution is -2.44. The van der Waals surface area contributed by atoms with Gasteiger partial charge in [0.25, 0.3) is 0 Å². The van der Waals surface area contributed by atoms with E-state index in [-0.39, 0.29) is 4.90 Å². The van der Waals surface area contributed by atoms with Crippen molar-refractivity contribution >= 4 is 16.3 Å². The third-order valence-corrected chi connectivity index (χ3v) is 5.22. The van der Waals surface area contributed by atoms with Crippen LogP contribution in [0.25, 0.3) is 0 Å². The van der Waals surface area contributed by atoms with Crippen LogP contribution in [-0.2, 0) is 14.8 Å². The van der Waals surface area contributed by atoms with Gasteiger partial charge in [0.15, 0.2) is 0 Å². The zero-order chi connectivity index (χ0) is 13.2. The van der Waals surface area contributed by atoms with Crippen molar-refractivity contribution < 1.29 is 13.2 Å². The molecule has 1 aliphatic rings. The summed E-state index contributed by atoms with van der Waals surface area (Å²) in [5.74, 6) is 0. The van der Waals surface area contributed by atoms with E-state index in [1.807, 2.05) is 6.92 Å². The third-order valence-electron chi connectivity index (χ3n) is 3.28.